The molecule has 1 atom stereocenters. The Morgan fingerprint density at radius 2 is 2.15 bits per heavy atom. The van der Waals surface area contributed by atoms with Crippen LogP contribution in [0.1, 0.15) is 23.7 Å². The topological polar surface area (TPSA) is 59.2 Å². The lowest BCUT2D eigenvalue weighted by molar-refractivity contribution is -0.128. The highest BCUT2D eigenvalue weighted by Gasteiger charge is 2.30. The van der Waals surface area contributed by atoms with E-state index in [9.17, 15) is 4.79 Å². The van der Waals surface area contributed by atoms with Gasteiger partial charge in [0, 0.05) is 19.9 Å². The van der Waals surface area contributed by atoms with Crippen molar-refractivity contribution in [3.63, 3.8) is 0 Å². The normalized spacial score (nSPS) is 18.8. The molecule has 5 nitrogen and oxygen atoms in total. The van der Waals surface area contributed by atoms with Gasteiger partial charge in [0.15, 0.2) is 5.82 Å². The lowest BCUT2D eigenvalue weighted by Gasteiger charge is -2.14. The second kappa shape index (κ2) is 5.45. The lowest BCUT2D eigenvalue weighted by Crippen LogP contribution is -2.25. The molecule has 2 aromatic rings. The Morgan fingerprint density at radius 1 is 1.35 bits per heavy atom. The number of hydrogen-bond acceptors (Lipinski definition) is 4. The first-order valence-electron chi connectivity index (χ1n) is 6.81. The van der Waals surface area contributed by atoms with Crippen molar-refractivity contribution in [2.45, 2.75) is 26.3 Å². The monoisotopic (exact) mass is 271 g/mol. The fraction of sp³-hybridized carbons (Fsp3) is 0.400. The second-order valence-corrected chi connectivity index (χ2v) is 5.26. The van der Waals surface area contributed by atoms with Gasteiger partial charge < -0.3 is 9.42 Å². The fourth-order valence-corrected chi connectivity index (χ4v) is 2.67. The quantitative estimate of drug-likeness (QED) is 0.853. The maximum atomic E-state index is 12.0. The molecule has 0 spiro atoms. The molecule has 0 aliphatic carbocycles. The molecular formula is C15H17N3O2. The summed E-state index contributed by atoms with van der Waals surface area (Å²) in [5.41, 5.74) is 1.28. The summed E-state index contributed by atoms with van der Waals surface area (Å²) in [6.07, 6.45) is 1.54. The van der Waals surface area contributed by atoms with Crippen LogP contribution < -0.4 is 0 Å². The van der Waals surface area contributed by atoms with Crippen molar-refractivity contribution in [3.8, 4) is 0 Å². The van der Waals surface area contributed by atoms with E-state index in [-0.39, 0.29) is 5.91 Å². The third-order valence-electron chi connectivity index (χ3n) is 3.56. The summed E-state index contributed by atoms with van der Waals surface area (Å²) in [5, 5.41) is 3.84. The second-order valence-electron chi connectivity index (χ2n) is 5.26. The number of rotatable bonds is 4. The molecule has 20 heavy (non-hydrogen) atoms. The van der Waals surface area contributed by atoms with Crippen molar-refractivity contribution in [2.75, 3.05) is 6.54 Å². The van der Waals surface area contributed by atoms with Crippen LogP contribution in [0.15, 0.2) is 34.9 Å². The molecule has 3 rings (SSSR count). The molecule has 1 aromatic heterocycles. The third-order valence-corrected chi connectivity index (χ3v) is 3.56. The third kappa shape index (κ3) is 2.87. The van der Waals surface area contributed by atoms with Gasteiger partial charge in [-0.2, -0.15) is 4.98 Å². The Bertz CT molecular complexity index is 594. The zero-order valence-electron chi connectivity index (χ0n) is 11.5. The minimum atomic E-state index is 0.174. The Morgan fingerprint density at radius 3 is 2.85 bits per heavy atom. The minimum Gasteiger partial charge on any atom is -0.340 e. The number of nitrogens with zero attached hydrogens (tertiary/aromatic N) is 3. The maximum Gasteiger partial charge on any atom is 0.223 e. The van der Waals surface area contributed by atoms with E-state index in [1.54, 1.807) is 6.92 Å². The molecular weight excluding hydrogens is 254 g/mol. The van der Waals surface area contributed by atoms with Crippen LogP contribution in [-0.2, 0) is 17.8 Å². The van der Waals surface area contributed by atoms with E-state index in [1.807, 2.05) is 23.1 Å². The molecule has 1 aliphatic heterocycles. The highest BCUT2D eigenvalue weighted by Crippen LogP contribution is 2.23. The van der Waals surface area contributed by atoms with Crippen molar-refractivity contribution in [1.82, 2.24) is 15.0 Å². The van der Waals surface area contributed by atoms with Gasteiger partial charge in [-0.05, 0) is 17.9 Å². The van der Waals surface area contributed by atoms with Crippen LogP contribution in [0.3, 0.4) is 0 Å². The van der Waals surface area contributed by atoms with E-state index in [4.69, 9.17) is 4.52 Å². The summed E-state index contributed by atoms with van der Waals surface area (Å²) in [6.45, 7) is 2.96. The van der Waals surface area contributed by atoms with E-state index < -0.39 is 0 Å². The number of aryl methyl sites for hydroxylation is 1. The Labute approximate surface area is 117 Å². The molecule has 2 heterocycles. The van der Waals surface area contributed by atoms with Crippen molar-refractivity contribution in [3.05, 3.63) is 47.6 Å². The molecule has 1 amide bonds. The first-order valence-corrected chi connectivity index (χ1v) is 6.81. The van der Waals surface area contributed by atoms with Crippen LogP contribution in [0.2, 0.25) is 0 Å². The van der Waals surface area contributed by atoms with Gasteiger partial charge in [-0.15, -0.1) is 0 Å². The number of carbonyl (C=O) groups is 1. The number of hydrogen-bond donors (Lipinski definition) is 0. The molecule has 104 valence electrons. The highest BCUT2D eigenvalue weighted by atomic mass is 16.5. The van der Waals surface area contributed by atoms with Gasteiger partial charge in [0.25, 0.3) is 0 Å². The molecule has 0 saturated carbocycles. The standard InChI is InChI=1S/C15H17N3O2/c1-11-16-14(17-20-11)10-18-9-13(8-15(18)19)7-12-5-3-2-4-6-12/h2-6,13H,7-10H2,1H3/t13-/m1/s1. The number of benzene rings is 1. The van der Waals surface area contributed by atoms with Crippen molar-refractivity contribution < 1.29 is 9.32 Å². The van der Waals surface area contributed by atoms with Gasteiger partial charge in [-0.25, -0.2) is 0 Å². The average molecular weight is 271 g/mol. The van der Waals surface area contributed by atoms with Crippen LogP contribution in [0.5, 0.6) is 0 Å². The van der Waals surface area contributed by atoms with Crippen molar-refractivity contribution in [1.29, 1.82) is 0 Å². The van der Waals surface area contributed by atoms with E-state index in [0.717, 1.165) is 13.0 Å². The van der Waals surface area contributed by atoms with Gasteiger partial charge in [-0.1, -0.05) is 35.5 Å². The molecule has 0 bridgehead atoms. The van der Waals surface area contributed by atoms with Gasteiger partial charge in [0.1, 0.15) is 0 Å². The summed E-state index contributed by atoms with van der Waals surface area (Å²) in [6, 6.07) is 10.3. The van der Waals surface area contributed by atoms with Gasteiger partial charge in [-0.3, -0.25) is 4.79 Å². The molecule has 0 N–H and O–H groups in total. The Balaban J connectivity index is 1.60. The zero-order chi connectivity index (χ0) is 13.9. The van der Waals surface area contributed by atoms with E-state index >= 15 is 0 Å². The van der Waals surface area contributed by atoms with Crippen molar-refractivity contribution >= 4 is 5.91 Å². The molecule has 0 radical (unpaired) electrons. The number of likely N-dealkylation sites (tertiary alicyclic amines) is 1. The lowest BCUT2D eigenvalue weighted by atomic mass is 9.99. The van der Waals surface area contributed by atoms with Crippen LogP contribution in [0.4, 0.5) is 0 Å². The predicted molar refractivity (Wildman–Crippen MR) is 72.7 cm³/mol. The molecule has 1 saturated heterocycles. The summed E-state index contributed by atoms with van der Waals surface area (Å²) >= 11 is 0. The van der Waals surface area contributed by atoms with Crippen LogP contribution >= 0.6 is 0 Å². The zero-order valence-corrected chi connectivity index (χ0v) is 11.5. The summed E-state index contributed by atoms with van der Waals surface area (Å²) in [4.78, 5) is 18.0. The highest BCUT2D eigenvalue weighted by molar-refractivity contribution is 5.78. The van der Waals surface area contributed by atoms with Crippen LogP contribution in [0, 0.1) is 12.8 Å². The average Bonchev–Trinajstić information content (AvgIpc) is 2.98. The van der Waals surface area contributed by atoms with Gasteiger partial charge >= 0.3 is 0 Å². The number of aromatic nitrogens is 2. The van der Waals surface area contributed by atoms with E-state index in [0.29, 0.717) is 30.6 Å². The fourth-order valence-electron chi connectivity index (χ4n) is 2.67. The van der Waals surface area contributed by atoms with Crippen LogP contribution in [-0.4, -0.2) is 27.5 Å². The van der Waals surface area contributed by atoms with E-state index in [1.165, 1.54) is 5.56 Å². The number of amides is 1. The molecule has 0 unspecified atom stereocenters. The summed E-state index contributed by atoms with van der Waals surface area (Å²) in [5.74, 6) is 1.66. The molecule has 5 heteroatoms. The Kier molecular flexibility index (Phi) is 3.50. The van der Waals surface area contributed by atoms with Crippen molar-refractivity contribution in [2.24, 2.45) is 5.92 Å². The summed E-state index contributed by atoms with van der Waals surface area (Å²) < 4.78 is 4.93. The van der Waals surface area contributed by atoms with Gasteiger partial charge in [0.05, 0.1) is 6.54 Å². The van der Waals surface area contributed by atoms with Gasteiger partial charge in [0.2, 0.25) is 11.8 Å². The molecule has 1 aliphatic rings. The maximum absolute atomic E-state index is 12.0. The largest absolute Gasteiger partial charge is 0.340 e. The Hall–Kier alpha value is -2.17. The first-order chi connectivity index (χ1) is 9.70. The van der Waals surface area contributed by atoms with E-state index in [2.05, 4.69) is 22.3 Å². The summed E-state index contributed by atoms with van der Waals surface area (Å²) in [7, 11) is 0. The first kappa shape index (κ1) is 12.8. The van der Waals surface area contributed by atoms with Crippen LogP contribution in [0.25, 0.3) is 0 Å². The molecule has 1 fully saturated rings. The number of carbonyl (C=O) groups excluding carboxylic acids is 1. The minimum absolute atomic E-state index is 0.174. The predicted octanol–water partition coefficient (Wildman–Crippen LogP) is 1.97. The smallest absolute Gasteiger partial charge is 0.223 e. The SMILES string of the molecule is Cc1nc(CN2C[C@H](Cc3ccccc3)CC2=O)no1. The molecule has 1 aromatic carbocycles.